The van der Waals surface area contributed by atoms with E-state index in [4.69, 9.17) is 10.00 Å². The second-order valence-electron chi connectivity index (χ2n) is 3.86. The molecule has 84 valence electrons. The monoisotopic (exact) mass is 224 g/mol. The van der Waals surface area contributed by atoms with Crippen LogP contribution in [0, 0.1) is 25.2 Å². The molecule has 0 unspecified atom stereocenters. The molecule has 0 aliphatic rings. The van der Waals surface area contributed by atoms with Crippen LogP contribution in [0.5, 0.6) is 11.5 Å². The van der Waals surface area contributed by atoms with E-state index in [0.29, 0.717) is 11.4 Å². The summed E-state index contributed by atoms with van der Waals surface area (Å²) in [6, 6.07) is 11.4. The molecule has 17 heavy (non-hydrogen) atoms. The highest BCUT2D eigenvalue weighted by atomic mass is 16.5. The van der Waals surface area contributed by atoms with Gasteiger partial charge in [0.15, 0.2) is 0 Å². The Labute approximate surface area is 100 Å². The van der Waals surface area contributed by atoms with Gasteiger partial charge in [0.2, 0.25) is 0 Å². The Kier molecular flexibility index (Phi) is 3.06. The molecule has 3 heteroatoms. The summed E-state index contributed by atoms with van der Waals surface area (Å²) >= 11 is 0. The maximum absolute atomic E-state index is 8.65. The normalized spacial score (nSPS) is 9.71. The molecule has 0 fully saturated rings. The Hall–Kier alpha value is -2.34. The van der Waals surface area contributed by atoms with E-state index in [-0.39, 0.29) is 0 Å². The molecule has 0 saturated carbocycles. The first kappa shape index (κ1) is 11.2. The summed E-state index contributed by atoms with van der Waals surface area (Å²) in [5.74, 6) is 1.45. The zero-order valence-electron chi connectivity index (χ0n) is 9.77. The van der Waals surface area contributed by atoms with Crippen LogP contribution in [0.25, 0.3) is 0 Å². The minimum Gasteiger partial charge on any atom is -0.455 e. The first-order chi connectivity index (χ1) is 8.19. The molecule has 0 bridgehead atoms. The van der Waals surface area contributed by atoms with E-state index in [1.807, 2.05) is 38.1 Å². The number of ether oxygens (including phenoxy) is 1. The number of hydrogen-bond donors (Lipinski definition) is 0. The van der Waals surface area contributed by atoms with E-state index in [9.17, 15) is 0 Å². The number of aryl methyl sites for hydroxylation is 2. The fourth-order valence-electron chi connectivity index (χ4n) is 1.45. The average Bonchev–Trinajstić information content (AvgIpc) is 2.35. The Balaban J connectivity index is 2.25. The molecule has 0 atom stereocenters. The lowest BCUT2D eigenvalue weighted by molar-refractivity contribution is 0.476. The Bertz CT molecular complexity index is 568. The minimum absolute atomic E-state index is 0.387. The van der Waals surface area contributed by atoms with Crippen LogP contribution in [0.1, 0.15) is 16.8 Å². The molecular formula is C14H12N2O. The van der Waals surface area contributed by atoms with Gasteiger partial charge in [-0.2, -0.15) is 5.26 Å². The number of aromatic nitrogens is 1. The second-order valence-corrected chi connectivity index (χ2v) is 3.86. The standard InChI is InChI=1S/C14H12N2O/c1-10-3-4-11(2)14(7-10)17-13-6-5-12(8-15)16-9-13/h3-7,9H,1-2H3. The highest BCUT2D eigenvalue weighted by molar-refractivity contribution is 5.39. The lowest BCUT2D eigenvalue weighted by Gasteiger charge is -2.08. The molecule has 2 rings (SSSR count). The van der Waals surface area contributed by atoms with Gasteiger partial charge in [-0.15, -0.1) is 0 Å². The topological polar surface area (TPSA) is 45.9 Å². The summed E-state index contributed by atoms with van der Waals surface area (Å²) in [6.45, 7) is 4.01. The van der Waals surface area contributed by atoms with E-state index >= 15 is 0 Å². The molecule has 1 heterocycles. The third-order valence-electron chi connectivity index (χ3n) is 2.42. The first-order valence-corrected chi connectivity index (χ1v) is 5.30. The van der Waals surface area contributed by atoms with Crippen molar-refractivity contribution in [2.45, 2.75) is 13.8 Å². The smallest absolute Gasteiger partial charge is 0.145 e. The molecule has 0 aliphatic heterocycles. The van der Waals surface area contributed by atoms with Gasteiger partial charge in [0, 0.05) is 0 Å². The molecular weight excluding hydrogens is 212 g/mol. The molecule has 0 amide bonds. The molecule has 0 aliphatic carbocycles. The lowest BCUT2D eigenvalue weighted by Crippen LogP contribution is -1.90. The quantitative estimate of drug-likeness (QED) is 0.785. The summed E-state index contributed by atoms with van der Waals surface area (Å²) in [5, 5.41) is 8.65. The van der Waals surface area contributed by atoms with Crippen LogP contribution in [0.4, 0.5) is 0 Å². The number of pyridine rings is 1. The van der Waals surface area contributed by atoms with Crippen LogP contribution in [0.3, 0.4) is 0 Å². The molecule has 0 radical (unpaired) electrons. The fraction of sp³-hybridized carbons (Fsp3) is 0.143. The number of rotatable bonds is 2. The third kappa shape index (κ3) is 2.61. The summed E-state index contributed by atoms with van der Waals surface area (Å²) in [5.41, 5.74) is 2.60. The van der Waals surface area contributed by atoms with Gasteiger partial charge in [0.1, 0.15) is 23.3 Å². The van der Waals surface area contributed by atoms with E-state index in [1.165, 1.54) is 0 Å². The maximum Gasteiger partial charge on any atom is 0.145 e. The fourth-order valence-corrected chi connectivity index (χ4v) is 1.45. The van der Waals surface area contributed by atoms with Crippen LogP contribution >= 0.6 is 0 Å². The number of benzene rings is 1. The van der Waals surface area contributed by atoms with Gasteiger partial charge in [-0.05, 0) is 43.2 Å². The number of hydrogen-bond acceptors (Lipinski definition) is 3. The third-order valence-corrected chi connectivity index (χ3v) is 2.42. The van der Waals surface area contributed by atoms with Crippen LogP contribution in [-0.4, -0.2) is 4.98 Å². The summed E-state index contributed by atoms with van der Waals surface area (Å²) in [6.07, 6.45) is 1.56. The van der Waals surface area contributed by atoms with Crippen LogP contribution in [-0.2, 0) is 0 Å². The van der Waals surface area contributed by atoms with Crippen molar-refractivity contribution in [3.05, 3.63) is 53.3 Å². The van der Waals surface area contributed by atoms with Crippen molar-refractivity contribution in [1.29, 1.82) is 5.26 Å². The van der Waals surface area contributed by atoms with E-state index in [1.54, 1.807) is 18.3 Å². The van der Waals surface area contributed by atoms with Gasteiger partial charge in [-0.3, -0.25) is 0 Å². The predicted octanol–water partition coefficient (Wildman–Crippen LogP) is 3.36. The molecule has 1 aromatic carbocycles. The van der Waals surface area contributed by atoms with Gasteiger partial charge in [-0.1, -0.05) is 12.1 Å². The van der Waals surface area contributed by atoms with Gasteiger partial charge in [0.05, 0.1) is 6.20 Å². The van der Waals surface area contributed by atoms with Crippen molar-refractivity contribution in [3.63, 3.8) is 0 Å². The van der Waals surface area contributed by atoms with Gasteiger partial charge in [0.25, 0.3) is 0 Å². The molecule has 1 aromatic heterocycles. The average molecular weight is 224 g/mol. The highest BCUT2D eigenvalue weighted by Gasteiger charge is 2.02. The van der Waals surface area contributed by atoms with Crippen molar-refractivity contribution in [1.82, 2.24) is 4.98 Å². The van der Waals surface area contributed by atoms with Crippen molar-refractivity contribution in [2.75, 3.05) is 0 Å². The summed E-state index contributed by atoms with van der Waals surface area (Å²) in [7, 11) is 0. The van der Waals surface area contributed by atoms with E-state index < -0.39 is 0 Å². The minimum atomic E-state index is 0.387. The van der Waals surface area contributed by atoms with Gasteiger partial charge in [-0.25, -0.2) is 4.98 Å². The van der Waals surface area contributed by atoms with Crippen molar-refractivity contribution in [2.24, 2.45) is 0 Å². The summed E-state index contributed by atoms with van der Waals surface area (Å²) < 4.78 is 5.72. The van der Waals surface area contributed by atoms with Crippen LogP contribution in [0.2, 0.25) is 0 Å². The molecule has 3 nitrogen and oxygen atoms in total. The first-order valence-electron chi connectivity index (χ1n) is 5.30. The number of nitrogens with zero attached hydrogens (tertiary/aromatic N) is 2. The van der Waals surface area contributed by atoms with Crippen LogP contribution in [0.15, 0.2) is 36.5 Å². The van der Waals surface area contributed by atoms with E-state index in [2.05, 4.69) is 4.98 Å². The summed E-state index contributed by atoms with van der Waals surface area (Å²) in [4.78, 5) is 3.96. The molecule has 0 saturated heterocycles. The maximum atomic E-state index is 8.65. The van der Waals surface area contributed by atoms with E-state index in [0.717, 1.165) is 16.9 Å². The molecule has 0 N–H and O–H groups in total. The zero-order chi connectivity index (χ0) is 12.3. The van der Waals surface area contributed by atoms with Gasteiger partial charge >= 0.3 is 0 Å². The number of nitriles is 1. The Morgan fingerprint density at radius 2 is 2.00 bits per heavy atom. The van der Waals surface area contributed by atoms with Crippen molar-refractivity contribution < 1.29 is 4.74 Å². The molecule has 0 spiro atoms. The second kappa shape index (κ2) is 4.67. The zero-order valence-corrected chi connectivity index (χ0v) is 9.77. The highest BCUT2D eigenvalue weighted by Crippen LogP contribution is 2.25. The largest absolute Gasteiger partial charge is 0.455 e. The molecule has 2 aromatic rings. The van der Waals surface area contributed by atoms with Crippen molar-refractivity contribution in [3.8, 4) is 17.6 Å². The predicted molar refractivity (Wildman–Crippen MR) is 64.9 cm³/mol. The van der Waals surface area contributed by atoms with Crippen molar-refractivity contribution >= 4 is 0 Å². The Morgan fingerprint density at radius 3 is 2.65 bits per heavy atom. The lowest BCUT2D eigenvalue weighted by atomic mass is 10.1. The Morgan fingerprint density at radius 1 is 1.18 bits per heavy atom. The SMILES string of the molecule is Cc1ccc(C)c(Oc2ccc(C#N)nc2)c1. The van der Waals surface area contributed by atoms with Gasteiger partial charge < -0.3 is 4.74 Å². The van der Waals surface area contributed by atoms with Crippen LogP contribution < -0.4 is 4.74 Å².